The smallest absolute Gasteiger partial charge is 0.336 e. The minimum atomic E-state index is -1.42. The van der Waals surface area contributed by atoms with Gasteiger partial charge in [0.05, 0.1) is 18.1 Å². The van der Waals surface area contributed by atoms with Gasteiger partial charge in [0.25, 0.3) is 0 Å². The van der Waals surface area contributed by atoms with Crippen molar-refractivity contribution in [3.05, 3.63) is 47.6 Å². The summed E-state index contributed by atoms with van der Waals surface area (Å²) in [5.41, 5.74) is 1.55. The SMILES string of the molecule is C=C1C(=O)O[C@@H]2/C=C(\CO)CC/C=C(\C)C[C@@H](OC(=O)C(=C)[C@@H](O)COC(C)=O)[C@@H]12. The van der Waals surface area contributed by atoms with E-state index in [1.165, 1.54) is 6.92 Å². The molecule has 0 radical (unpaired) electrons. The van der Waals surface area contributed by atoms with Crippen molar-refractivity contribution >= 4 is 17.9 Å². The summed E-state index contributed by atoms with van der Waals surface area (Å²) in [4.78, 5) is 35.7. The van der Waals surface area contributed by atoms with Crippen LogP contribution in [-0.4, -0.2) is 59.6 Å². The molecule has 0 unspecified atom stereocenters. The fourth-order valence-electron chi connectivity index (χ4n) is 3.42. The average Bonchev–Trinajstić information content (AvgIpc) is 2.97. The highest BCUT2D eigenvalue weighted by Crippen LogP contribution is 2.36. The van der Waals surface area contributed by atoms with Crippen LogP contribution in [0.2, 0.25) is 0 Å². The van der Waals surface area contributed by atoms with Crippen molar-refractivity contribution in [2.75, 3.05) is 13.2 Å². The van der Waals surface area contributed by atoms with Gasteiger partial charge >= 0.3 is 17.9 Å². The molecule has 1 aliphatic carbocycles. The summed E-state index contributed by atoms with van der Waals surface area (Å²) in [6, 6.07) is 0. The van der Waals surface area contributed by atoms with Gasteiger partial charge in [-0.25, -0.2) is 9.59 Å². The van der Waals surface area contributed by atoms with E-state index in [0.717, 1.165) is 5.57 Å². The second-order valence-corrected chi connectivity index (χ2v) is 7.48. The predicted octanol–water partition coefficient (Wildman–Crippen LogP) is 1.53. The maximum Gasteiger partial charge on any atom is 0.336 e. The van der Waals surface area contributed by atoms with Crippen LogP contribution in [-0.2, 0) is 28.6 Å². The first-order valence-corrected chi connectivity index (χ1v) is 9.71. The van der Waals surface area contributed by atoms with Gasteiger partial charge in [0.1, 0.15) is 24.9 Å². The molecule has 0 amide bonds. The second-order valence-electron chi connectivity index (χ2n) is 7.48. The molecule has 8 heteroatoms. The third-order valence-electron chi connectivity index (χ3n) is 5.11. The first kappa shape index (κ1) is 23.6. The van der Waals surface area contributed by atoms with E-state index in [-0.39, 0.29) is 17.8 Å². The summed E-state index contributed by atoms with van der Waals surface area (Å²) in [6.45, 7) is 9.81. The van der Waals surface area contributed by atoms with Crippen LogP contribution in [0.15, 0.2) is 47.6 Å². The van der Waals surface area contributed by atoms with Crippen LogP contribution in [0.3, 0.4) is 0 Å². The molecule has 2 aliphatic rings. The summed E-state index contributed by atoms with van der Waals surface area (Å²) >= 11 is 0. The Morgan fingerprint density at radius 1 is 1.40 bits per heavy atom. The molecule has 1 saturated heterocycles. The zero-order valence-electron chi connectivity index (χ0n) is 17.3. The van der Waals surface area contributed by atoms with Crippen LogP contribution in [0, 0.1) is 5.92 Å². The second kappa shape index (κ2) is 10.4. The standard InChI is InChI=1S/C22H28O8/c1-12-6-5-7-16(10-23)9-19-20(14(3)22(27)30-19)18(8-12)29-21(26)13(2)17(25)11-28-15(4)24/h6,9,17-20,23,25H,2-3,5,7-8,10-11H2,1,4H3/b12-6+,16-9-/t17-,18+,19+,20+/m0/s1. The van der Waals surface area contributed by atoms with Gasteiger partial charge in [-0.2, -0.15) is 0 Å². The number of fused-ring (bicyclic) bond motifs is 1. The topological polar surface area (TPSA) is 119 Å². The van der Waals surface area contributed by atoms with E-state index in [4.69, 9.17) is 14.2 Å². The third kappa shape index (κ3) is 5.90. The molecule has 0 saturated carbocycles. The fourth-order valence-corrected chi connectivity index (χ4v) is 3.42. The highest BCUT2D eigenvalue weighted by atomic mass is 16.6. The molecular weight excluding hydrogens is 392 g/mol. The van der Waals surface area contributed by atoms with E-state index < -0.39 is 48.7 Å². The summed E-state index contributed by atoms with van der Waals surface area (Å²) in [6.07, 6.45) is 2.34. The van der Waals surface area contributed by atoms with Gasteiger partial charge in [0.2, 0.25) is 0 Å². The van der Waals surface area contributed by atoms with Gasteiger partial charge in [-0.3, -0.25) is 4.79 Å². The van der Waals surface area contributed by atoms with Crippen molar-refractivity contribution in [1.82, 2.24) is 0 Å². The molecule has 0 spiro atoms. The molecule has 1 aliphatic heterocycles. The molecule has 30 heavy (non-hydrogen) atoms. The summed E-state index contributed by atoms with van der Waals surface area (Å²) in [7, 11) is 0. The zero-order chi connectivity index (χ0) is 22.4. The lowest BCUT2D eigenvalue weighted by atomic mass is 9.85. The van der Waals surface area contributed by atoms with Gasteiger partial charge < -0.3 is 24.4 Å². The van der Waals surface area contributed by atoms with E-state index in [1.807, 2.05) is 13.0 Å². The Kier molecular flexibility index (Phi) is 8.14. The lowest BCUT2D eigenvalue weighted by Gasteiger charge is -2.28. The van der Waals surface area contributed by atoms with Crippen molar-refractivity contribution in [2.45, 2.75) is 51.4 Å². The molecule has 2 rings (SSSR count). The van der Waals surface area contributed by atoms with Gasteiger partial charge in [0, 0.05) is 18.9 Å². The van der Waals surface area contributed by atoms with Crippen molar-refractivity contribution in [3.8, 4) is 0 Å². The van der Waals surface area contributed by atoms with Crippen LogP contribution in [0.25, 0.3) is 0 Å². The number of allylic oxidation sites excluding steroid dienone is 1. The molecule has 0 aromatic rings. The molecule has 8 nitrogen and oxygen atoms in total. The molecule has 2 N–H and O–H groups in total. The normalized spacial score (nSPS) is 28.7. The number of aliphatic hydroxyl groups excluding tert-OH is 2. The highest BCUT2D eigenvalue weighted by Gasteiger charge is 2.44. The predicted molar refractivity (Wildman–Crippen MR) is 107 cm³/mol. The maximum atomic E-state index is 12.6. The Bertz CT molecular complexity index is 791. The van der Waals surface area contributed by atoms with Gasteiger partial charge in [-0.05, 0) is 31.4 Å². The number of carbonyl (C=O) groups is 3. The lowest BCUT2D eigenvalue weighted by Crippen LogP contribution is -2.35. The van der Waals surface area contributed by atoms with Crippen molar-refractivity contribution in [1.29, 1.82) is 0 Å². The maximum absolute atomic E-state index is 12.6. The third-order valence-corrected chi connectivity index (χ3v) is 5.11. The Hall–Kier alpha value is -2.71. The minimum Gasteiger partial charge on any atom is -0.463 e. The summed E-state index contributed by atoms with van der Waals surface area (Å²) in [5.74, 6) is -2.71. The van der Waals surface area contributed by atoms with Crippen LogP contribution in [0.1, 0.15) is 33.1 Å². The first-order valence-electron chi connectivity index (χ1n) is 9.71. The van der Waals surface area contributed by atoms with Crippen LogP contribution >= 0.6 is 0 Å². The summed E-state index contributed by atoms with van der Waals surface area (Å²) < 4.78 is 15.7. The number of carbonyl (C=O) groups excluding carboxylic acids is 3. The molecular formula is C22H28O8. The number of aliphatic hydroxyl groups is 2. The van der Waals surface area contributed by atoms with E-state index in [2.05, 4.69) is 13.2 Å². The van der Waals surface area contributed by atoms with E-state index in [0.29, 0.717) is 24.8 Å². The Balaban J connectivity index is 2.26. The van der Waals surface area contributed by atoms with E-state index in [9.17, 15) is 24.6 Å². The Labute approximate surface area is 175 Å². The first-order chi connectivity index (χ1) is 14.1. The number of rotatable bonds is 6. The quantitative estimate of drug-likeness (QED) is 0.287. The molecule has 4 atom stereocenters. The lowest BCUT2D eigenvalue weighted by molar-refractivity contribution is -0.151. The molecule has 1 fully saturated rings. The van der Waals surface area contributed by atoms with Crippen molar-refractivity contribution in [3.63, 3.8) is 0 Å². The van der Waals surface area contributed by atoms with Crippen molar-refractivity contribution < 1.29 is 38.8 Å². The number of ether oxygens (including phenoxy) is 3. The number of esters is 3. The van der Waals surface area contributed by atoms with Crippen molar-refractivity contribution in [2.24, 2.45) is 5.92 Å². The van der Waals surface area contributed by atoms with Crippen LogP contribution in [0.4, 0.5) is 0 Å². The largest absolute Gasteiger partial charge is 0.463 e. The van der Waals surface area contributed by atoms with Crippen LogP contribution < -0.4 is 0 Å². The van der Waals surface area contributed by atoms with Gasteiger partial charge in [-0.15, -0.1) is 0 Å². The number of hydrogen-bond acceptors (Lipinski definition) is 8. The molecule has 0 bridgehead atoms. The zero-order valence-corrected chi connectivity index (χ0v) is 17.3. The van der Waals surface area contributed by atoms with Crippen LogP contribution in [0.5, 0.6) is 0 Å². The Morgan fingerprint density at radius 2 is 2.10 bits per heavy atom. The van der Waals surface area contributed by atoms with E-state index in [1.54, 1.807) is 6.08 Å². The summed E-state index contributed by atoms with van der Waals surface area (Å²) in [5, 5.41) is 19.6. The fraction of sp³-hybridized carbons (Fsp3) is 0.500. The minimum absolute atomic E-state index is 0.172. The van der Waals surface area contributed by atoms with Gasteiger partial charge in [0.15, 0.2) is 0 Å². The molecule has 1 heterocycles. The molecule has 0 aromatic carbocycles. The van der Waals surface area contributed by atoms with E-state index >= 15 is 0 Å². The number of hydrogen-bond donors (Lipinski definition) is 2. The van der Waals surface area contributed by atoms with Gasteiger partial charge in [-0.1, -0.05) is 24.8 Å². The Morgan fingerprint density at radius 3 is 2.73 bits per heavy atom. The highest BCUT2D eigenvalue weighted by molar-refractivity contribution is 5.92. The monoisotopic (exact) mass is 420 g/mol. The molecule has 164 valence electrons. The molecule has 0 aromatic heterocycles. The average molecular weight is 420 g/mol.